The van der Waals surface area contributed by atoms with E-state index in [0.717, 1.165) is 10.4 Å². The molecule has 0 unspecified atom stereocenters. The van der Waals surface area contributed by atoms with E-state index in [-0.39, 0.29) is 6.61 Å². The van der Waals surface area contributed by atoms with Crippen LogP contribution in [0.3, 0.4) is 0 Å². The fraction of sp³-hybridized carbons (Fsp3) is 0.455. The summed E-state index contributed by atoms with van der Waals surface area (Å²) < 4.78 is 10.3. The fourth-order valence-corrected chi connectivity index (χ4v) is 1.77. The van der Waals surface area contributed by atoms with Crippen LogP contribution in [-0.4, -0.2) is 32.0 Å². The number of aliphatic hydroxyl groups is 1. The number of methoxy groups -OCH3 is 1. The van der Waals surface area contributed by atoms with Crippen molar-refractivity contribution in [2.75, 3.05) is 26.9 Å². The van der Waals surface area contributed by atoms with Crippen LogP contribution in [0.1, 0.15) is 10.4 Å². The lowest BCUT2D eigenvalue weighted by Gasteiger charge is -2.01. The van der Waals surface area contributed by atoms with E-state index in [0.29, 0.717) is 19.8 Å². The van der Waals surface area contributed by atoms with E-state index in [1.54, 1.807) is 18.4 Å². The molecule has 0 atom stereocenters. The molecule has 4 heteroatoms. The summed E-state index contributed by atoms with van der Waals surface area (Å²) in [5.74, 6) is 5.51. The average Bonchev–Trinajstić information content (AvgIpc) is 2.69. The van der Waals surface area contributed by atoms with Gasteiger partial charge >= 0.3 is 0 Å². The number of aliphatic hydroxyl groups excluding tert-OH is 1. The molecule has 82 valence electrons. The number of hydrogen-bond donors (Lipinski definition) is 1. The van der Waals surface area contributed by atoms with Crippen LogP contribution >= 0.6 is 11.3 Å². The Morgan fingerprint density at radius 3 is 3.07 bits per heavy atom. The average molecular weight is 226 g/mol. The molecule has 1 aromatic rings. The highest BCUT2D eigenvalue weighted by Gasteiger charge is 2.01. The molecule has 0 aliphatic carbocycles. The van der Waals surface area contributed by atoms with Gasteiger partial charge in [-0.25, -0.2) is 0 Å². The molecule has 0 aliphatic rings. The molecule has 0 saturated heterocycles. The van der Waals surface area contributed by atoms with Crippen LogP contribution in [0.2, 0.25) is 0 Å². The maximum Gasteiger partial charge on any atom is 0.104 e. The number of ether oxygens (including phenoxy) is 2. The highest BCUT2D eigenvalue weighted by molar-refractivity contribution is 7.10. The SMILES string of the molecule is COCCOCc1sccc1C#CCO. The zero-order valence-electron chi connectivity index (χ0n) is 8.66. The van der Waals surface area contributed by atoms with Crippen molar-refractivity contribution < 1.29 is 14.6 Å². The predicted octanol–water partition coefficient (Wildman–Crippen LogP) is 1.25. The van der Waals surface area contributed by atoms with Crippen molar-refractivity contribution in [2.24, 2.45) is 0 Å². The Morgan fingerprint density at radius 1 is 1.47 bits per heavy atom. The molecular weight excluding hydrogens is 212 g/mol. The normalized spacial score (nSPS) is 9.73. The summed E-state index contributed by atoms with van der Waals surface area (Å²) in [6.07, 6.45) is 0. The third kappa shape index (κ3) is 4.45. The van der Waals surface area contributed by atoms with E-state index in [1.165, 1.54) is 0 Å². The van der Waals surface area contributed by atoms with Crippen LogP contribution < -0.4 is 0 Å². The zero-order chi connectivity index (χ0) is 10.9. The molecule has 1 aromatic heterocycles. The fourth-order valence-electron chi connectivity index (χ4n) is 1.01. The monoisotopic (exact) mass is 226 g/mol. The predicted molar refractivity (Wildman–Crippen MR) is 59.8 cm³/mol. The number of thiophene rings is 1. The molecule has 0 spiro atoms. The zero-order valence-corrected chi connectivity index (χ0v) is 9.47. The Labute approximate surface area is 93.6 Å². The molecule has 0 bridgehead atoms. The summed E-state index contributed by atoms with van der Waals surface area (Å²) in [5.41, 5.74) is 0.937. The lowest BCUT2D eigenvalue weighted by atomic mass is 10.2. The standard InChI is InChI=1S/C11H14O3S/c1-13-6-7-14-9-11-10(3-2-5-12)4-8-15-11/h4,8,12H,5-7,9H2,1H3. The molecule has 0 fully saturated rings. The van der Waals surface area contributed by atoms with Crippen molar-refractivity contribution in [1.82, 2.24) is 0 Å². The molecule has 15 heavy (non-hydrogen) atoms. The number of hydrogen-bond acceptors (Lipinski definition) is 4. The highest BCUT2D eigenvalue weighted by Crippen LogP contribution is 2.16. The largest absolute Gasteiger partial charge is 0.384 e. The molecule has 3 nitrogen and oxygen atoms in total. The van der Waals surface area contributed by atoms with Gasteiger partial charge in [0.1, 0.15) is 6.61 Å². The summed E-state index contributed by atoms with van der Waals surface area (Å²) in [6, 6.07) is 1.93. The van der Waals surface area contributed by atoms with Gasteiger partial charge in [-0.2, -0.15) is 0 Å². The van der Waals surface area contributed by atoms with Gasteiger partial charge in [0.25, 0.3) is 0 Å². The first-order chi connectivity index (χ1) is 7.38. The van der Waals surface area contributed by atoms with Gasteiger partial charge in [-0.05, 0) is 11.4 Å². The van der Waals surface area contributed by atoms with Gasteiger partial charge in [0.15, 0.2) is 0 Å². The maximum absolute atomic E-state index is 8.58. The van der Waals surface area contributed by atoms with E-state index in [1.807, 2.05) is 11.4 Å². The Balaban J connectivity index is 2.43. The van der Waals surface area contributed by atoms with E-state index in [9.17, 15) is 0 Å². The summed E-state index contributed by atoms with van der Waals surface area (Å²) >= 11 is 1.61. The minimum absolute atomic E-state index is 0.111. The Bertz CT molecular complexity index is 335. The quantitative estimate of drug-likeness (QED) is 0.606. The smallest absolute Gasteiger partial charge is 0.104 e. The Morgan fingerprint density at radius 2 is 2.33 bits per heavy atom. The molecule has 1 rings (SSSR count). The van der Waals surface area contributed by atoms with Crippen molar-refractivity contribution in [1.29, 1.82) is 0 Å². The van der Waals surface area contributed by atoms with E-state index < -0.39 is 0 Å². The topological polar surface area (TPSA) is 38.7 Å². The van der Waals surface area contributed by atoms with Gasteiger partial charge in [0, 0.05) is 17.6 Å². The van der Waals surface area contributed by atoms with E-state index >= 15 is 0 Å². The van der Waals surface area contributed by atoms with Gasteiger partial charge in [-0.3, -0.25) is 0 Å². The highest BCUT2D eigenvalue weighted by atomic mass is 32.1. The van der Waals surface area contributed by atoms with Crippen molar-refractivity contribution in [2.45, 2.75) is 6.61 Å². The molecular formula is C11H14O3S. The van der Waals surface area contributed by atoms with Gasteiger partial charge in [0.05, 0.1) is 19.8 Å². The second-order valence-electron chi connectivity index (χ2n) is 2.76. The minimum Gasteiger partial charge on any atom is -0.384 e. The van der Waals surface area contributed by atoms with Crippen LogP contribution in [-0.2, 0) is 16.1 Å². The van der Waals surface area contributed by atoms with Gasteiger partial charge in [0.2, 0.25) is 0 Å². The summed E-state index contributed by atoms with van der Waals surface area (Å²) in [7, 11) is 1.65. The Kier molecular flexibility index (Phi) is 6.05. The third-order valence-electron chi connectivity index (χ3n) is 1.71. The number of rotatable bonds is 5. The first kappa shape index (κ1) is 12.2. The molecule has 0 radical (unpaired) electrons. The van der Waals surface area contributed by atoms with Crippen molar-refractivity contribution in [3.8, 4) is 11.8 Å². The lowest BCUT2D eigenvalue weighted by molar-refractivity contribution is 0.0628. The minimum atomic E-state index is -0.111. The van der Waals surface area contributed by atoms with Crippen LogP contribution in [0.15, 0.2) is 11.4 Å². The molecule has 0 aliphatic heterocycles. The first-order valence-electron chi connectivity index (χ1n) is 4.61. The molecule has 0 saturated carbocycles. The van der Waals surface area contributed by atoms with Gasteiger partial charge in [-0.1, -0.05) is 11.8 Å². The van der Waals surface area contributed by atoms with Gasteiger partial charge < -0.3 is 14.6 Å². The molecule has 1 heterocycles. The van der Waals surface area contributed by atoms with Crippen molar-refractivity contribution in [3.63, 3.8) is 0 Å². The first-order valence-corrected chi connectivity index (χ1v) is 5.49. The summed E-state index contributed by atoms with van der Waals surface area (Å²) in [6.45, 7) is 1.63. The second-order valence-corrected chi connectivity index (χ2v) is 3.76. The van der Waals surface area contributed by atoms with Crippen LogP contribution in [0, 0.1) is 11.8 Å². The molecule has 1 N–H and O–H groups in total. The Hall–Kier alpha value is -0.860. The summed E-state index contributed by atoms with van der Waals surface area (Å²) in [5, 5.41) is 10.6. The van der Waals surface area contributed by atoms with Crippen LogP contribution in [0.4, 0.5) is 0 Å². The molecule has 0 amide bonds. The van der Waals surface area contributed by atoms with Crippen molar-refractivity contribution in [3.05, 3.63) is 21.9 Å². The van der Waals surface area contributed by atoms with Crippen LogP contribution in [0.25, 0.3) is 0 Å². The van der Waals surface area contributed by atoms with E-state index in [2.05, 4.69) is 11.8 Å². The van der Waals surface area contributed by atoms with Crippen LogP contribution in [0.5, 0.6) is 0 Å². The second kappa shape index (κ2) is 7.43. The third-order valence-corrected chi connectivity index (χ3v) is 2.61. The summed E-state index contributed by atoms with van der Waals surface area (Å²) in [4.78, 5) is 1.09. The lowest BCUT2D eigenvalue weighted by Crippen LogP contribution is -2.01. The van der Waals surface area contributed by atoms with Gasteiger partial charge in [-0.15, -0.1) is 11.3 Å². The van der Waals surface area contributed by atoms with Crippen molar-refractivity contribution >= 4 is 11.3 Å². The maximum atomic E-state index is 8.58. The molecule has 0 aromatic carbocycles. The van der Waals surface area contributed by atoms with E-state index in [4.69, 9.17) is 14.6 Å².